The van der Waals surface area contributed by atoms with Crippen LogP contribution < -0.4 is 5.32 Å². The van der Waals surface area contributed by atoms with Crippen molar-refractivity contribution in [3.8, 4) is 0 Å². The van der Waals surface area contributed by atoms with Crippen molar-refractivity contribution in [3.05, 3.63) is 46.6 Å². The third-order valence-corrected chi connectivity index (χ3v) is 4.41. The molecule has 0 aliphatic heterocycles. The van der Waals surface area contributed by atoms with E-state index in [1.54, 1.807) is 17.4 Å². The molecule has 0 fully saturated rings. The van der Waals surface area contributed by atoms with Crippen LogP contribution in [0.15, 0.2) is 30.4 Å². The summed E-state index contributed by atoms with van der Waals surface area (Å²) in [6, 6.07) is 5.65. The summed E-state index contributed by atoms with van der Waals surface area (Å²) in [6.07, 6.45) is 3.91. The molecule has 0 bridgehead atoms. The highest BCUT2D eigenvalue weighted by molar-refractivity contribution is 7.19. The Hall–Kier alpha value is -1.23. The molecule has 0 spiro atoms. The molecule has 0 saturated carbocycles. The minimum Gasteiger partial charge on any atom is -0.373 e. The predicted octanol–water partition coefficient (Wildman–Crippen LogP) is 4.63. The van der Waals surface area contributed by atoms with Gasteiger partial charge in [-0.3, -0.25) is 0 Å². The van der Waals surface area contributed by atoms with Gasteiger partial charge in [0.05, 0.1) is 13.2 Å². The van der Waals surface area contributed by atoms with E-state index in [4.69, 9.17) is 4.74 Å². The average Bonchev–Trinajstić information content (AvgIpc) is 2.80. The summed E-state index contributed by atoms with van der Waals surface area (Å²) in [7, 11) is 0. The second-order valence-electron chi connectivity index (χ2n) is 5.24. The lowest BCUT2D eigenvalue weighted by atomic mass is 10.1. The molecule has 114 valence electrons. The first-order chi connectivity index (χ1) is 10.1. The maximum atomic E-state index is 14.2. The molecule has 0 amide bonds. The number of rotatable bonds is 7. The Morgan fingerprint density at radius 3 is 2.90 bits per heavy atom. The molecule has 0 unspecified atom stereocenters. The Morgan fingerprint density at radius 1 is 1.38 bits per heavy atom. The number of ether oxygens (including phenoxy) is 1. The molecule has 1 aromatic heterocycles. The van der Waals surface area contributed by atoms with Gasteiger partial charge in [0.25, 0.3) is 0 Å². The minimum absolute atomic E-state index is 0.163. The van der Waals surface area contributed by atoms with Crippen molar-refractivity contribution in [1.82, 2.24) is 5.32 Å². The Kier molecular flexibility index (Phi) is 5.91. The molecule has 1 N–H and O–H groups in total. The van der Waals surface area contributed by atoms with Crippen LogP contribution in [0.5, 0.6) is 0 Å². The topological polar surface area (TPSA) is 21.3 Å². The summed E-state index contributed by atoms with van der Waals surface area (Å²) >= 11 is 1.64. The van der Waals surface area contributed by atoms with Crippen LogP contribution in [0.25, 0.3) is 10.1 Å². The molecule has 21 heavy (non-hydrogen) atoms. The van der Waals surface area contributed by atoms with Crippen LogP contribution in [0.4, 0.5) is 4.39 Å². The van der Waals surface area contributed by atoms with Crippen LogP contribution in [0.3, 0.4) is 0 Å². The fourth-order valence-electron chi connectivity index (χ4n) is 2.13. The van der Waals surface area contributed by atoms with Crippen LogP contribution in [-0.2, 0) is 17.9 Å². The maximum absolute atomic E-state index is 14.2. The molecule has 1 heterocycles. The molecule has 2 aromatic rings. The number of halogens is 1. The van der Waals surface area contributed by atoms with Crippen molar-refractivity contribution < 1.29 is 9.13 Å². The Bertz CT molecular complexity index is 619. The molecule has 0 aliphatic rings. The van der Waals surface area contributed by atoms with Crippen molar-refractivity contribution in [2.75, 3.05) is 6.61 Å². The second kappa shape index (κ2) is 7.69. The van der Waals surface area contributed by atoms with Gasteiger partial charge < -0.3 is 10.1 Å². The van der Waals surface area contributed by atoms with Gasteiger partial charge in [-0.25, -0.2) is 4.39 Å². The first kappa shape index (κ1) is 16.1. The summed E-state index contributed by atoms with van der Waals surface area (Å²) in [5, 5.41) is 4.11. The number of fused-ring (bicyclic) bond motifs is 1. The van der Waals surface area contributed by atoms with E-state index in [0.29, 0.717) is 24.6 Å². The highest BCUT2D eigenvalue weighted by atomic mass is 32.1. The van der Waals surface area contributed by atoms with Crippen molar-refractivity contribution in [1.29, 1.82) is 0 Å². The molecule has 2 nitrogen and oxygen atoms in total. The van der Waals surface area contributed by atoms with E-state index in [2.05, 4.69) is 19.2 Å². The lowest BCUT2D eigenvalue weighted by Crippen LogP contribution is -2.21. The smallest absolute Gasteiger partial charge is 0.132 e. The van der Waals surface area contributed by atoms with Gasteiger partial charge in [0.15, 0.2) is 0 Å². The Labute approximate surface area is 129 Å². The zero-order valence-electron chi connectivity index (χ0n) is 12.8. The fraction of sp³-hybridized carbons (Fsp3) is 0.412. The van der Waals surface area contributed by atoms with Crippen molar-refractivity contribution >= 4 is 21.4 Å². The average molecular weight is 307 g/mol. The number of hydrogen-bond donors (Lipinski definition) is 1. The molecule has 2 rings (SSSR count). The van der Waals surface area contributed by atoms with Gasteiger partial charge in [0.1, 0.15) is 5.82 Å². The van der Waals surface area contributed by atoms with E-state index in [-0.39, 0.29) is 5.82 Å². The summed E-state index contributed by atoms with van der Waals surface area (Å²) in [6.45, 7) is 7.92. The molecule has 4 heteroatoms. The highest BCUT2D eigenvalue weighted by Gasteiger charge is 2.15. The van der Waals surface area contributed by atoms with Gasteiger partial charge in [0, 0.05) is 33.1 Å². The molecule has 0 saturated heterocycles. The summed E-state index contributed by atoms with van der Waals surface area (Å²) < 4.78 is 20.8. The monoisotopic (exact) mass is 307 g/mol. The summed E-state index contributed by atoms with van der Waals surface area (Å²) in [4.78, 5) is 1.16. The first-order valence-electron chi connectivity index (χ1n) is 7.24. The van der Waals surface area contributed by atoms with Crippen LogP contribution in [0, 0.1) is 5.82 Å². The third-order valence-electron chi connectivity index (χ3n) is 3.21. The van der Waals surface area contributed by atoms with Crippen LogP contribution in [0.1, 0.15) is 31.2 Å². The van der Waals surface area contributed by atoms with E-state index in [9.17, 15) is 4.39 Å². The highest BCUT2D eigenvalue weighted by Crippen LogP contribution is 2.33. The molecular formula is C17H22FNOS. The predicted molar refractivity (Wildman–Crippen MR) is 88.2 cm³/mol. The largest absolute Gasteiger partial charge is 0.373 e. The molecule has 0 aliphatic carbocycles. The number of thiophene rings is 1. The SMILES string of the molecule is CC=CCOCc1c(CNC(C)C)sc2cccc(F)c12. The van der Waals surface area contributed by atoms with Gasteiger partial charge in [-0.15, -0.1) is 11.3 Å². The number of nitrogens with one attached hydrogen (secondary N) is 1. The molecule has 0 radical (unpaired) electrons. The lowest BCUT2D eigenvalue weighted by molar-refractivity contribution is 0.149. The molecule has 0 atom stereocenters. The maximum Gasteiger partial charge on any atom is 0.132 e. The normalized spacial score (nSPS) is 12.0. The van der Waals surface area contributed by atoms with Crippen LogP contribution in [0.2, 0.25) is 0 Å². The van der Waals surface area contributed by atoms with Crippen molar-refractivity contribution in [3.63, 3.8) is 0 Å². The fourth-order valence-corrected chi connectivity index (χ4v) is 3.31. The van der Waals surface area contributed by atoms with E-state index >= 15 is 0 Å². The van der Waals surface area contributed by atoms with E-state index in [1.807, 2.05) is 25.1 Å². The van der Waals surface area contributed by atoms with Crippen LogP contribution >= 0.6 is 11.3 Å². The Balaban J connectivity index is 2.29. The third kappa shape index (κ3) is 4.13. The van der Waals surface area contributed by atoms with Gasteiger partial charge in [-0.05, 0) is 19.1 Å². The molecule has 1 aromatic carbocycles. The quantitative estimate of drug-likeness (QED) is 0.595. The zero-order chi connectivity index (χ0) is 15.2. The zero-order valence-corrected chi connectivity index (χ0v) is 13.6. The molecular weight excluding hydrogens is 285 g/mol. The summed E-state index contributed by atoms with van der Waals surface area (Å²) in [5.41, 5.74) is 0.978. The second-order valence-corrected chi connectivity index (χ2v) is 6.37. The minimum atomic E-state index is -0.163. The van der Waals surface area contributed by atoms with Crippen LogP contribution in [-0.4, -0.2) is 12.6 Å². The van der Waals surface area contributed by atoms with Crippen molar-refractivity contribution in [2.24, 2.45) is 0 Å². The van der Waals surface area contributed by atoms with Gasteiger partial charge in [-0.1, -0.05) is 32.1 Å². The van der Waals surface area contributed by atoms with E-state index in [1.165, 1.54) is 6.07 Å². The first-order valence-corrected chi connectivity index (χ1v) is 8.06. The standard InChI is InChI=1S/C17H22FNOS/c1-4-5-9-20-11-13-16(10-19-12(2)3)21-15-8-6-7-14(18)17(13)15/h4-8,12,19H,9-11H2,1-3H3. The van der Waals surface area contributed by atoms with E-state index in [0.717, 1.165) is 21.7 Å². The van der Waals surface area contributed by atoms with Crippen molar-refractivity contribution in [2.45, 2.75) is 40.0 Å². The van der Waals surface area contributed by atoms with Gasteiger partial charge >= 0.3 is 0 Å². The number of allylic oxidation sites excluding steroid dienone is 1. The lowest BCUT2D eigenvalue weighted by Gasteiger charge is -2.09. The summed E-state index contributed by atoms with van der Waals surface area (Å²) in [5.74, 6) is -0.163. The number of hydrogen-bond acceptors (Lipinski definition) is 3. The van der Waals surface area contributed by atoms with E-state index < -0.39 is 0 Å². The Morgan fingerprint density at radius 2 is 2.19 bits per heavy atom. The number of benzene rings is 1. The van der Waals surface area contributed by atoms with Gasteiger partial charge in [0.2, 0.25) is 0 Å². The van der Waals surface area contributed by atoms with Gasteiger partial charge in [-0.2, -0.15) is 0 Å².